The van der Waals surface area contributed by atoms with Crippen molar-refractivity contribution in [3.63, 3.8) is 0 Å². The van der Waals surface area contributed by atoms with Crippen LogP contribution in [0.4, 0.5) is 0 Å². The third-order valence-electron chi connectivity index (χ3n) is 4.50. The number of thioether (sulfide) groups is 1. The fraction of sp³-hybridized carbons (Fsp3) is 0.526. The predicted molar refractivity (Wildman–Crippen MR) is 104 cm³/mol. The van der Waals surface area contributed by atoms with Gasteiger partial charge >= 0.3 is 0 Å². The van der Waals surface area contributed by atoms with Crippen LogP contribution in [0.25, 0.3) is 0 Å². The molecule has 1 aromatic heterocycles. The van der Waals surface area contributed by atoms with Crippen molar-refractivity contribution in [2.75, 3.05) is 25.4 Å². The number of piperidine rings is 1. The van der Waals surface area contributed by atoms with Crippen LogP contribution >= 0.6 is 11.8 Å². The lowest BCUT2D eigenvalue weighted by atomic mass is 10.1. The Bertz CT molecular complexity index is 697. The van der Waals surface area contributed by atoms with E-state index < -0.39 is 0 Å². The molecule has 140 valence electrons. The standard InChI is InChI=1S/C19H27N5OS/c1-2-20-18(25)15-26-19-22-21-17(14-23-11-7-4-8-12-23)24(19)13-16-9-5-3-6-10-16/h3,5-6,9-10H,2,4,7-8,11-15H2,1H3,(H,20,25). The molecule has 1 saturated heterocycles. The van der Waals surface area contributed by atoms with E-state index in [-0.39, 0.29) is 5.91 Å². The highest BCUT2D eigenvalue weighted by Gasteiger charge is 2.18. The average Bonchev–Trinajstić information content (AvgIpc) is 3.03. The molecule has 3 rings (SSSR count). The zero-order valence-corrected chi connectivity index (χ0v) is 16.2. The number of hydrogen-bond acceptors (Lipinski definition) is 5. The molecule has 0 unspecified atom stereocenters. The van der Waals surface area contributed by atoms with Gasteiger partial charge in [0.2, 0.25) is 5.91 Å². The van der Waals surface area contributed by atoms with Crippen molar-refractivity contribution >= 4 is 17.7 Å². The molecule has 1 fully saturated rings. The molecule has 2 aromatic rings. The van der Waals surface area contributed by atoms with Crippen LogP contribution in [0.5, 0.6) is 0 Å². The molecule has 2 heterocycles. The van der Waals surface area contributed by atoms with E-state index in [9.17, 15) is 4.79 Å². The quantitative estimate of drug-likeness (QED) is 0.721. The fourth-order valence-electron chi connectivity index (χ4n) is 3.16. The highest BCUT2D eigenvalue weighted by Crippen LogP contribution is 2.20. The Labute approximate surface area is 159 Å². The van der Waals surface area contributed by atoms with Gasteiger partial charge in [-0.2, -0.15) is 0 Å². The number of amides is 1. The highest BCUT2D eigenvalue weighted by molar-refractivity contribution is 7.99. The lowest BCUT2D eigenvalue weighted by molar-refractivity contribution is -0.118. The summed E-state index contributed by atoms with van der Waals surface area (Å²) in [4.78, 5) is 14.3. The smallest absolute Gasteiger partial charge is 0.230 e. The van der Waals surface area contributed by atoms with Crippen LogP contribution in [0.1, 0.15) is 37.6 Å². The molecular weight excluding hydrogens is 346 g/mol. The Morgan fingerprint density at radius 2 is 1.88 bits per heavy atom. The zero-order chi connectivity index (χ0) is 18.2. The molecule has 1 aromatic carbocycles. The van der Waals surface area contributed by atoms with Crippen molar-refractivity contribution in [2.24, 2.45) is 0 Å². The van der Waals surface area contributed by atoms with Crippen LogP contribution in [0.3, 0.4) is 0 Å². The fourth-order valence-corrected chi connectivity index (χ4v) is 3.95. The predicted octanol–water partition coefficient (Wildman–Crippen LogP) is 2.54. The summed E-state index contributed by atoms with van der Waals surface area (Å²) in [6.45, 7) is 6.38. The molecule has 7 heteroatoms. The summed E-state index contributed by atoms with van der Waals surface area (Å²) in [5, 5.41) is 12.5. The van der Waals surface area contributed by atoms with E-state index in [0.717, 1.165) is 37.2 Å². The summed E-state index contributed by atoms with van der Waals surface area (Å²) in [7, 11) is 0. The van der Waals surface area contributed by atoms with E-state index >= 15 is 0 Å². The molecule has 0 atom stereocenters. The first-order valence-electron chi connectivity index (χ1n) is 9.34. The van der Waals surface area contributed by atoms with Crippen LogP contribution in [0.15, 0.2) is 35.5 Å². The molecule has 0 aliphatic carbocycles. The molecule has 1 aliphatic heterocycles. The molecule has 6 nitrogen and oxygen atoms in total. The number of aromatic nitrogens is 3. The molecule has 0 saturated carbocycles. The summed E-state index contributed by atoms with van der Waals surface area (Å²) < 4.78 is 2.16. The summed E-state index contributed by atoms with van der Waals surface area (Å²) in [6, 6.07) is 10.3. The number of likely N-dealkylation sites (tertiary alicyclic amines) is 1. The Morgan fingerprint density at radius 3 is 2.62 bits per heavy atom. The molecule has 0 bridgehead atoms. The minimum absolute atomic E-state index is 0.0318. The maximum absolute atomic E-state index is 11.8. The molecular formula is C19H27N5OS. The molecule has 1 N–H and O–H groups in total. The van der Waals surface area contributed by atoms with Crippen LogP contribution < -0.4 is 5.32 Å². The van der Waals surface area contributed by atoms with Crippen LogP contribution in [0, 0.1) is 0 Å². The van der Waals surface area contributed by atoms with E-state index in [4.69, 9.17) is 0 Å². The normalized spacial score (nSPS) is 15.1. The van der Waals surface area contributed by atoms with Gasteiger partial charge in [0.15, 0.2) is 5.16 Å². The Balaban J connectivity index is 1.75. The van der Waals surface area contributed by atoms with Crippen molar-refractivity contribution in [2.45, 2.75) is 44.4 Å². The van der Waals surface area contributed by atoms with Gasteiger partial charge in [0.05, 0.1) is 18.8 Å². The molecule has 1 aliphatic rings. The van der Waals surface area contributed by atoms with Crippen molar-refractivity contribution < 1.29 is 4.79 Å². The highest BCUT2D eigenvalue weighted by atomic mass is 32.2. The van der Waals surface area contributed by atoms with E-state index in [1.807, 2.05) is 25.1 Å². The lowest BCUT2D eigenvalue weighted by Gasteiger charge is -2.26. The van der Waals surface area contributed by atoms with E-state index in [0.29, 0.717) is 12.3 Å². The summed E-state index contributed by atoms with van der Waals surface area (Å²) in [5.41, 5.74) is 1.21. The Kier molecular flexibility index (Phi) is 7.08. The number of benzene rings is 1. The zero-order valence-electron chi connectivity index (χ0n) is 15.4. The molecule has 1 amide bonds. The molecule has 26 heavy (non-hydrogen) atoms. The number of nitrogens with one attached hydrogen (secondary N) is 1. The number of nitrogens with zero attached hydrogens (tertiary/aromatic N) is 4. The monoisotopic (exact) mass is 373 g/mol. The van der Waals surface area contributed by atoms with Crippen LogP contribution in [-0.4, -0.2) is 51.0 Å². The second-order valence-corrected chi connectivity index (χ2v) is 7.49. The van der Waals surface area contributed by atoms with E-state index in [2.05, 4.69) is 37.1 Å². The second kappa shape index (κ2) is 9.73. The Morgan fingerprint density at radius 1 is 1.12 bits per heavy atom. The topological polar surface area (TPSA) is 63.1 Å². The first-order valence-corrected chi connectivity index (χ1v) is 10.3. The van der Waals surface area contributed by atoms with Crippen molar-refractivity contribution in [1.29, 1.82) is 0 Å². The number of carbonyl (C=O) groups excluding carboxylic acids is 1. The number of hydrogen-bond donors (Lipinski definition) is 1. The summed E-state index contributed by atoms with van der Waals surface area (Å²) in [6.07, 6.45) is 3.83. The third kappa shape index (κ3) is 5.32. The van der Waals surface area contributed by atoms with Gasteiger partial charge in [0.1, 0.15) is 5.82 Å². The van der Waals surface area contributed by atoms with Gasteiger partial charge in [-0.05, 0) is 38.4 Å². The minimum Gasteiger partial charge on any atom is -0.356 e. The van der Waals surface area contributed by atoms with Crippen LogP contribution in [0.2, 0.25) is 0 Å². The molecule has 0 radical (unpaired) electrons. The number of carbonyl (C=O) groups is 1. The maximum atomic E-state index is 11.8. The maximum Gasteiger partial charge on any atom is 0.230 e. The van der Waals surface area contributed by atoms with Crippen molar-refractivity contribution in [3.8, 4) is 0 Å². The van der Waals surface area contributed by atoms with Gasteiger partial charge in [-0.1, -0.05) is 48.5 Å². The SMILES string of the molecule is CCNC(=O)CSc1nnc(CN2CCCCC2)n1Cc1ccccc1. The summed E-state index contributed by atoms with van der Waals surface area (Å²) in [5.74, 6) is 1.38. The van der Waals surface area contributed by atoms with Gasteiger partial charge < -0.3 is 9.88 Å². The third-order valence-corrected chi connectivity index (χ3v) is 5.46. The minimum atomic E-state index is 0.0318. The van der Waals surface area contributed by atoms with Crippen LogP contribution in [-0.2, 0) is 17.9 Å². The first kappa shape index (κ1) is 18.9. The lowest BCUT2D eigenvalue weighted by Crippen LogP contribution is -2.30. The van der Waals surface area contributed by atoms with Gasteiger partial charge in [0, 0.05) is 6.54 Å². The number of rotatable bonds is 8. The molecule has 0 spiro atoms. The summed E-state index contributed by atoms with van der Waals surface area (Å²) >= 11 is 1.46. The van der Waals surface area contributed by atoms with Crippen molar-refractivity contribution in [3.05, 3.63) is 41.7 Å². The van der Waals surface area contributed by atoms with E-state index in [1.54, 1.807) is 0 Å². The van der Waals surface area contributed by atoms with Gasteiger partial charge in [-0.25, -0.2) is 0 Å². The second-order valence-electron chi connectivity index (χ2n) is 6.55. The van der Waals surface area contributed by atoms with E-state index in [1.165, 1.54) is 36.6 Å². The van der Waals surface area contributed by atoms with Gasteiger partial charge in [-0.3, -0.25) is 9.69 Å². The largest absolute Gasteiger partial charge is 0.356 e. The van der Waals surface area contributed by atoms with Gasteiger partial charge in [0.25, 0.3) is 0 Å². The van der Waals surface area contributed by atoms with Gasteiger partial charge in [-0.15, -0.1) is 10.2 Å². The first-order chi connectivity index (χ1) is 12.8. The average molecular weight is 374 g/mol. The Hall–Kier alpha value is -1.86. The van der Waals surface area contributed by atoms with Crippen molar-refractivity contribution in [1.82, 2.24) is 25.0 Å².